The van der Waals surface area contributed by atoms with Crippen molar-refractivity contribution in [2.45, 2.75) is 26.3 Å². The molecule has 2 rings (SSSR count). The van der Waals surface area contributed by atoms with Crippen molar-refractivity contribution < 1.29 is 14.3 Å². The Kier molecular flexibility index (Phi) is 9.34. The molecule has 31 heavy (non-hydrogen) atoms. The average Bonchev–Trinajstić information content (AvgIpc) is 2.73. The number of nitrogens with zero attached hydrogens (tertiary/aromatic N) is 2. The van der Waals surface area contributed by atoms with Gasteiger partial charge in [0.2, 0.25) is 0 Å². The van der Waals surface area contributed by atoms with Gasteiger partial charge in [0, 0.05) is 24.8 Å². The third-order valence-corrected chi connectivity index (χ3v) is 4.59. The number of halogens is 1. The number of carbonyl (C=O) groups is 2. The zero-order chi connectivity index (χ0) is 22.8. The quantitative estimate of drug-likeness (QED) is 0.434. The molecule has 0 fully saturated rings. The molecule has 0 spiro atoms. The molecule has 0 saturated heterocycles. The molecule has 0 aliphatic rings. The first-order chi connectivity index (χ1) is 14.7. The summed E-state index contributed by atoms with van der Waals surface area (Å²) in [5.74, 6) is -0.0428. The van der Waals surface area contributed by atoms with E-state index in [2.05, 4.69) is 15.8 Å². The van der Waals surface area contributed by atoms with Crippen molar-refractivity contribution in [3.8, 4) is 5.75 Å². The number of rotatable bonds is 10. The first kappa shape index (κ1) is 24.2. The standard InChI is InChI=1S/C23H29ClN4O3/c1-16(2)13-21(26-22(29)15-31-20-11-7-18(24)8-12-20)23(30)27-25-14-17-5-9-19(10-6-17)28(3)4/h5-12,14,16,21H,13,15H2,1-4H3,(H,26,29)(H,27,30)/b25-14-/t21-/m0/s1. The topological polar surface area (TPSA) is 83.0 Å². The van der Waals surface area contributed by atoms with Gasteiger partial charge in [-0.2, -0.15) is 5.10 Å². The summed E-state index contributed by atoms with van der Waals surface area (Å²) in [7, 11) is 3.93. The van der Waals surface area contributed by atoms with E-state index in [-0.39, 0.29) is 24.3 Å². The van der Waals surface area contributed by atoms with Crippen molar-refractivity contribution in [2.24, 2.45) is 11.0 Å². The number of hydrazone groups is 1. The maximum atomic E-state index is 12.6. The van der Waals surface area contributed by atoms with Crippen molar-refractivity contribution in [3.05, 3.63) is 59.1 Å². The maximum absolute atomic E-state index is 12.6. The van der Waals surface area contributed by atoms with Gasteiger partial charge in [-0.05, 0) is 54.3 Å². The number of hydrogen-bond donors (Lipinski definition) is 2. The summed E-state index contributed by atoms with van der Waals surface area (Å²) in [6.45, 7) is 3.75. The summed E-state index contributed by atoms with van der Waals surface area (Å²) in [6, 6.07) is 13.7. The van der Waals surface area contributed by atoms with Gasteiger partial charge < -0.3 is 15.0 Å². The molecule has 0 bridgehead atoms. The first-order valence-corrected chi connectivity index (χ1v) is 10.4. The van der Waals surface area contributed by atoms with Gasteiger partial charge in [0.25, 0.3) is 11.8 Å². The Labute approximate surface area is 188 Å². The minimum atomic E-state index is -0.713. The number of carbonyl (C=O) groups excluding carboxylic acids is 2. The summed E-state index contributed by atoms with van der Waals surface area (Å²) in [4.78, 5) is 26.8. The van der Waals surface area contributed by atoms with Gasteiger partial charge >= 0.3 is 0 Å². The van der Waals surface area contributed by atoms with E-state index in [1.165, 1.54) is 0 Å². The minimum Gasteiger partial charge on any atom is -0.484 e. The molecule has 2 amide bonds. The Morgan fingerprint density at radius 3 is 2.32 bits per heavy atom. The van der Waals surface area contributed by atoms with Crippen LogP contribution in [0.5, 0.6) is 5.75 Å². The molecule has 2 aromatic carbocycles. The Hall–Kier alpha value is -3.06. The molecule has 0 saturated carbocycles. The smallest absolute Gasteiger partial charge is 0.262 e. The van der Waals surface area contributed by atoms with Gasteiger partial charge in [0.05, 0.1) is 6.21 Å². The number of ether oxygens (including phenoxy) is 1. The molecule has 166 valence electrons. The number of nitrogens with one attached hydrogen (secondary N) is 2. The van der Waals surface area contributed by atoms with Gasteiger partial charge in [-0.15, -0.1) is 0 Å². The van der Waals surface area contributed by atoms with Crippen LogP contribution in [0.1, 0.15) is 25.8 Å². The molecule has 8 heteroatoms. The van der Waals surface area contributed by atoms with Gasteiger partial charge in [-0.25, -0.2) is 5.43 Å². The lowest BCUT2D eigenvalue weighted by Crippen LogP contribution is -2.47. The SMILES string of the molecule is CC(C)C[C@H](NC(=O)COc1ccc(Cl)cc1)C(=O)N/N=C\c1ccc(N(C)C)cc1. The second-order valence-corrected chi connectivity index (χ2v) is 8.15. The van der Waals surface area contributed by atoms with Crippen LogP contribution in [0.25, 0.3) is 0 Å². The van der Waals surface area contributed by atoms with Crippen LogP contribution in [0.15, 0.2) is 53.6 Å². The maximum Gasteiger partial charge on any atom is 0.262 e. The van der Waals surface area contributed by atoms with Crippen LogP contribution < -0.4 is 20.4 Å². The van der Waals surface area contributed by atoms with Crippen molar-refractivity contribution in [3.63, 3.8) is 0 Å². The lowest BCUT2D eigenvalue weighted by atomic mass is 10.0. The highest BCUT2D eigenvalue weighted by atomic mass is 35.5. The molecule has 0 unspecified atom stereocenters. The second kappa shape index (κ2) is 12.0. The number of anilines is 1. The molecule has 1 atom stereocenters. The monoisotopic (exact) mass is 444 g/mol. The number of amides is 2. The van der Waals surface area contributed by atoms with Crippen LogP contribution in [-0.2, 0) is 9.59 Å². The summed E-state index contributed by atoms with van der Waals surface area (Å²) in [5, 5.41) is 7.32. The Balaban J connectivity index is 1.89. The minimum absolute atomic E-state index is 0.203. The predicted octanol–water partition coefficient (Wildman–Crippen LogP) is 3.47. The summed E-state index contributed by atoms with van der Waals surface area (Å²) in [5.41, 5.74) is 4.43. The fraction of sp³-hybridized carbons (Fsp3) is 0.348. The van der Waals surface area contributed by atoms with Gasteiger partial charge in [-0.1, -0.05) is 37.6 Å². The average molecular weight is 445 g/mol. The highest BCUT2D eigenvalue weighted by molar-refractivity contribution is 6.30. The Bertz CT molecular complexity index is 881. The highest BCUT2D eigenvalue weighted by Gasteiger charge is 2.22. The Morgan fingerprint density at radius 2 is 1.74 bits per heavy atom. The summed E-state index contributed by atoms with van der Waals surface area (Å²) < 4.78 is 5.44. The van der Waals surface area contributed by atoms with Gasteiger partial charge in [0.1, 0.15) is 11.8 Å². The van der Waals surface area contributed by atoms with Crippen LogP contribution >= 0.6 is 11.6 Å². The fourth-order valence-corrected chi connectivity index (χ4v) is 2.85. The molecule has 7 nitrogen and oxygen atoms in total. The molecule has 0 heterocycles. The van der Waals surface area contributed by atoms with Crippen LogP contribution in [0.2, 0.25) is 5.02 Å². The first-order valence-electron chi connectivity index (χ1n) is 10.0. The van der Waals surface area contributed by atoms with E-state index in [1.54, 1.807) is 30.5 Å². The van der Waals surface area contributed by atoms with E-state index in [9.17, 15) is 9.59 Å². The fourth-order valence-electron chi connectivity index (χ4n) is 2.73. The lowest BCUT2D eigenvalue weighted by Gasteiger charge is -2.19. The molecule has 0 aliphatic carbocycles. The van der Waals surface area contributed by atoms with Crippen LogP contribution in [0, 0.1) is 5.92 Å². The third-order valence-electron chi connectivity index (χ3n) is 4.34. The van der Waals surface area contributed by atoms with E-state index in [0.717, 1.165) is 11.3 Å². The van der Waals surface area contributed by atoms with Crippen molar-refractivity contribution >= 4 is 35.3 Å². The zero-order valence-corrected chi connectivity index (χ0v) is 19.0. The molecule has 2 aromatic rings. The largest absolute Gasteiger partial charge is 0.484 e. The van der Waals surface area contributed by atoms with E-state index >= 15 is 0 Å². The van der Waals surface area contributed by atoms with Crippen LogP contribution in [0.3, 0.4) is 0 Å². The van der Waals surface area contributed by atoms with E-state index in [4.69, 9.17) is 16.3 Å². The normalized spacial score (nSPS) is 11.9. The van der Waals surface area contributed by atoms with Gasteiger partial charge in [0.15, 0.2) is 6.61 Å². The molecular formula is C23H29ClN4O3. The van der Waals surface area contributed by atoms with E-state index in [0.29, 0.717) is 17.2 Å². The molecule has 0 aromatic heterocycles. The summed E-state index contributed by atoms with van der Waals surface area (Å²) >= 11 is 5.83. The zero-order valence-electron chi connectivity index (χ0n) is 18.3. The number of hydrogen-bond acceptors (Lipinski definition) is 5. The van der Waals surface area contributed by atoms with Gasteiger partial charge in [-0.3, -0.25) is 9.59 Å². The van der Waals surface area contributed by atoms with Crippen molar-refractivity contribution in [1.29, 1.82) is 0 Å². The highest BCUT2D eigenvalue weighted by Crippen LogP contribution is 2.15. The van der Waals surface area contributed by atoms with Crippen molar-refractivity contribution in [2.75, 3.05) is 25.6 Å². The van der Waals surface area contributed by atoms with Crippen LogP contribution in [0.4, 0.5) is 5.69 Å². The van der Waals surface area contributed by atoms with Crippen molar-refractivity contribution in [1.82, 2.24) is 10.7 Å². The van der Waals surface area contributed by atoms with Crippen LogP contribution in [-0.4, -0.2) is 44.8 Å². The Morgan fingerprint density at radius 1 is 1.10 bits per heavy atom. The molecule has 2 N–H and O–H groups in total. The molecule has 0 radical (unpaired) electrons. The lowest BCUT2D eigenvalue weighted by molar-refractivity contribution is -0.130. The third kappa shape index (κ3) is 8.68. The predicted molar refractivity (Wildman–Crippen MR) is 125 cm³/mol. The summed E-state index contributed by atoms with van der Waals surface area (Å²) in [6.07, 6.45) is 2.04. The molecular weight excluding hydrogens is 416 g/mol. The molecule has 0 aliphatic heterocycles. The number of benzene rings is 2. The second-order valence-electron chi connectivity index (χ2n) is 7.71. The van der Waals surface area contributed by atoms with E-state index in [1.807, 2.05) is 57.1 Å². The van der Waals surface area contributed by atoms with E-state index < -0.39 is 6.04 Å².